The fraction of sp³-hybridized carbons (Fsp3) is 1.00. The molecule has 0 radical (unpaired) electrons. The topological polar surface area (TPSA) is 61.3 Å². The molecule has 0 bridgehead atoms. The Hall–Kier alpha value is -0.200. The van der Waals surface area contributed by atoms with E-state index in [9.17, 15) is 0 Å². The fourth-order valence-electron chi connectivity index (χ4n) is 1.41. The lowest BCUT2D eigenvalue weighted by atomic mass is 10.4. The molecule has 1 heterocycles. The molecule has 0 aliphatic carbocycles. The number of hydrogen-bond acceptors (Lipinski definition) is 5. The van der Waals surface area contributed by atoms with Crippen LogP contribution in [0.3, 0.4) is 0 Å². The van der Waals surface area contributed by atoms with Gasteiger partial charge >= 0.3 is 0 Å². The summed E-state index contributed by atoms with van der Waals surface area (Å²) in [5, 5.41) is 12.8. The predicted molar refractivity (Wildman–Crippen MR) is 80.3 cm³/mol. The Labute approximate surface area is 113 Å². The van der Waals surface area contributed by atoms with Crippen LogP contribution in [0.4, 0.5) is 0 Å². The smallest absolute Gasteiger partial charge is 0.0108 e. The van der Waals surface area contributed by atoms with Gasteiger partial charge in [0.2, 0.25) is 0 Å². The summed E-state index contributed by atoms with van der Waals surface area (Å²) in [6.07, 6.45) is 1.22. The largest absolute Gasteiger partial charge is 0.318 e. The van der Waals surface area contributed by atoms with Crippen LogP contribution in [0.1, 0.15) is 13.3 Å². The van der Waals surface area contributed by atoms with Gasteiger partial charge in [0.25, 0.3) is 0 Å². The summed E-state index contributed by atoms with van der Waals surface area (Å²) in [6.45, 7) is 12.5. The lowest BCUT2D eigenvalue weighted by Crippen LogP contribution is -2.39. The second-order valence-corrected chi connectivity index (χ2v) is 4.55. The average Bonchev–Trinajstić information content (AvgIpc) is 3.25. The van der Waals surface area contributed by atoms with Crippen molar-refractivity contribution in [2.24, 2.45) is 0 Å². The van der Waals surface area contributed by atoms with Gasteiger partial charge in [-0.3, -0.25) is 4.90 Å². The maximum atomic E-state index is 3.44. The minimum atomic E-state index is 1.07. The highest BCUT2D eigenvalue weighted by molar-refractivity contribution is 4.62. The van der Waals surface area contributed by atoms with Gasteiger partial charge in [-0.2, -0.15) is 0 Å². The molecule has 0 atom stereocenters. The van der Waals surface area contributed by atoms with Crippen LogP contribution >= 0.6 is 0 Å². The van der Waals surface area contributed by atoms with Gasteiger partial charge in [-0.25, -0.2) is 0 Å². The van der Waals surface area contributed by atoms with Crippen molar-refractivity contribution in [3.63, 3.8) is 0 Å². The lowest BCUT2D eigenvalue weighted by Gasteiger charge is -2.22. The molecule has 1 saturated heterocycles. The normalized spacial score (nSPS) is 13.3. The zero-order chi connectivity index (χ0) is 13.5. The summed E-state index contributed by atoms with van der Waals surface area (Å²) < 4.78 is 0. The summed E-state index contributed by atoms with van der Waals surface area (Å²) in [5.41, 5.74) is 0. The fourth-order valence-corrected chi connectivity index (χ4v) is 1.41. The lowest BCUT2D eigenvalue weighted by molar-refractivity contribution is 0.276. The van der Waals surface area contributed by atoms with Crippen molar-refractivity contribution in [1.82, 2.24) is 26.2 Å². The third-order valence-corrected chi connectivity index (χ3v) is 2.64. The first kappa shape index (κ1) is 17.8. The van der Waals surface area contributed by atoms with Crippen molar-refractivity contribution in [2.45, 2.75) is 13.3 Å². The monoisotopic (exact) mass is 259 g/mol. The van der Waals surface area contributed by atoms with Gasteiger partial charge in [-0.1, -0.05) is 6.92 Å². The molecule has 0 amide bonds. The maximum absolute atomic E-state index is 3.44. The highest BCUT2D eigenvalue weighted by Gasteiger charge is 2.02. The van der Waals surface area contributed by atoms with E-state index in [1.54, 1.807) is 0 Å². The number of nitrogens with one attached hydrogen (secondary N) is 4. The standard InChI is InChI=1S/C11H28N4.C2H5N/c1-4-5-14-8-11-15(9-6-12-2)10-7-13-3;1-2-3-1/h12-14H,4-11H2,1-3H3;3H,1-2H2. The summed E-state index contributed by atoms with van der Waals surface area (Å²) in [6, 6.07) is 0. The Balaban J connectivity index is 0.000000827. The van der Waals surface area contributed by atoms with E-state index >= 15 is 0 Å². The summed E-state index contributed by atoms with van der Waals surface area (Å²) in [4.78, 5) is 2.48. The van der Waals surface area contributed by atoms with E-state index in [0.29, 0.717) is 0 Å². The zero-order valence-corrected chi connectivity index (χ0v) is 12.5. The molecule has 5 nitrogen and oxygen atoms in total. The Morgan fingerprint density at radius 3 is 1.78 bits per heavy atom. The molecule has 0 aromatic rings. The second-order valence-electron chi connectivity index (χ2n) is 4.55. The van der Waals surface area contributed by atoms with Gasteiger partial charge in [0.05, 0.1) is 0 Å². The zero-order valence-electron chi connectivity index (χ0n) is 12.5. The van der Waals surface area contributed by atoms with E-state index in [4.69, 9.17) is 0 Å². The van der Waals surface area contributed by atoms with E-state index in [-0.39, 0.29) is 0 Å². The molecule has 5 heteroatoms. The van der Waals surface area contributed by atoms with Crippen LogP contribution in [-0.2, 0) is 0 Å². The van der Waals surface area contributed by atoms with Crippen molar-refractivity contribution in [3.8, 4) is 0 Å². The maximum Gasteiger partial charge on any atom is 0.0108 e. The summed E-state index contributed by atoms with van der Waals surface area (Å²) in [5.74, 6) is 0. The number of rotatable bonds is 11. The Morgan fingerprint density at radius 2 is 1.39 bits per heavy atom. The van der Waals surface area contributed by atoms with Gasteiger partial charge in [0, 0.05) is 52.4 Å². The van der Waals surface area contributed by atoms with E-state index in [1.165, 1.54) is 19.5 Å². The van der Waals surface area contributed by atoms with Crippen molar-refractivity contribution in [1.29, 1.82) is 0 Å². The molecule has 1 aliphatic heterocycles. The van der Waals surface area contributed by atoms with E-state index in [1.807, 2.05) is 14.1 Å². The Bertz CT molecular complexity index is 142. The van der Waals surface area contributed by atoms with Gasteiger partial charge in [-0.15, -0.1) is 0 Å². The van der Waals surface area contributed by atoms with E-state index in [0.717, 1.165) is 45.8 Å². The summed E-state index contributed by atoms with van der Waals surface area (Å²) >= 11 is 0. The average molecular weight is 259 g/mol. The van der Waals surface area contributed by atoms with Crippen LogP contribution in [0.25, 0.3) is 0 Å². The van der Waals surface area contributed by atoms with Crippen molar-refractivity contribution in [3.05, 3.63) is 0 Å². The van der Waals surface area contributed by atoms with Gasteiger partial charge in [0.15, 0.2) is 0 Å². The van der Waals surface area contributed by atoms with Crippen LogP contribution in [0.2, 0.25) is 0 Å². The van der Waals surface area contributed by atoms with E-state index < -0.39 is 0 Å². The molecule has 110 valence electrons. The van der Waals surface area contributed by atoms with Crippen LogP contribution in [0.5, 0.6) is 0 Å². The molecule has 4 N–H and O–H groups in total. The van der Waals surface area contributed by atoms with Gasteiger partial charge in [0.1, 0.15) is 0 Å². The number of likely N-dealkylation sites (N-methyl/N-ethyl adjacent to an activating group) is 2. The highest BCUT2D eigenvalue weighted by Crippen LogP contribution is 1.85. The van der Waals surface area contributed by atoms with Crippen molar-refractivity contribution < 1.29 is 0 Å². The first-order valence-corrected chi connectivity index (χ1v) is 7.28. The number of hydrogen-bond donors (Lipinski definition) is 4. The van der Waals surface area contributed by atoms with Crippen molar-refractivity contribution in [2.75, 3.05) is 73.0 Å². The van der Waals surface area contributed by atoms with Crippen LogP contribution in [-0.4, -0.2) is 77.9 Å². The SMILES string of the molecule is C1CN1.CCCNCCN(CCNC)CCNC. The molecule has 18 heavy (non-hydrogen) atoms. The first-order chi connectivity index (χ1) is 8.85. The minimum Gasteiger partial charge on any atom is -0.318 e. The summed E-state index contributed by atoms with van der Waals surface area (Å²) in [7, 11) is 4.01. The molecular formula is C13H33N5. The number of nitrogens with zero attached hydrogens (tertiary/aromatic N) is 1. The van der Waals surface area contributed by atoms with Gasteiger partial charge < -0.3 is 21.3 Å². The molecule has 0 unspecified atom stereocenters. The Morgan fingerprint density at radius 1 is 0.889 bits per heavy atom. The predicted octanol–water partition coefficient (Wildman–Crippen LogP) is -0.684. The molecule has 1 rings (SSSR count). The highest BCUT2D eigenvalue weighted by atomic mass is 15.2. The second kappa shape index (κ2) is 14.9. The Kier molecular flexibility index (Phi) is 14.7. The molecule has 0 saturated carbocycles. The first-order valence-electron chi connectivity index (χ1n) is 7.28. The van der Waals surface area contributed by atoms with Crippen molar-refractivity contribution >= 4 is 0 Å². The third kappa shape index (κ3) is 15.8. The van der Waals surface area contributed by atoms with E-state index in [2.05, 4.69) is 33.1 Å². The molecule has 0 aromatic carbocycles. The van der Waals surface area contributed by atoms with Crippen LogP contribution in [0, 0.1) is 0 Å². The molecular weight excluding hydrogens is 226 g/mol. The minimum absolute atomic E-state index is 1.07. The van der Waals surface area contributed by atoms with Gasteiger partial charge in [-0.05, 0) is 27.1 Å². The molecule has 1 aliphatic rings. The molecule has 0 spiro atoms. The van der Waals surface area contributed by atoms with Crippen LogP contribution < -0.4 is 21.3 Å². The molecule has 0 aromatic heterocycles. The molecule has 1 fully saturated rings. The third-order valence-electron chi connectivity index (χ3n) is 2.64. The van der Waals surface area contributed by atoms with Crippen LogP contribution in [0.15, 0.2) is 0 Å². The quantitative estimate of drug-likeness (QED) is 0.292.